The van der Waals surface area contributed by atoms with Crippen molar-refractivity contribution in [2.45, 2.75) is 112 Å². The number of nitrogens with two attached hydrogens (primary N) is 5. The fourth-order valence-corrected chi connectivity index (χ4v) is 5.18. The van der Waals surface area contributed by atoms with Gasteiger partial charge in [0.05, 0.1) is 18.2 Å². The largest absolute Gasteiger partial charge is 0.389 e. The summed E-state index contributed by atoms with van der Waals surface area (Å²) in [6, 6.07) is -3.70. The molecule has 15 nitrogen and oxygen atoms in total. The van der Waals surface area contributed by atoms with E-state index in [2.05, 4.69) is 0 Å². The molecule has 2 heterocycles. The summed E-state index contributed by atoms with van der Waals surface area (Å²) in [6.07, 6.45) is -12.8. The van der Waals surface area contributed by atoms with E-state index in [1.807, 2.05) is 18.7 Å². The van der Waals surface area contributed by atoms with E-state index in [1.54, 1.807) is 0 Å². The number of likely N-dealkylation sites (N-methyl/N-ethyl adjacent to an activating group) is 1. The van der Waals surface area contributed by atoms with Crippen LogP contribution in [0, 0.1) is 0 Å². The molecule has 15 heteroatoms. The SMILES string of the molecule is CCN(CC)C[C@H]1O[C@H](O[C@@H]2[C@@H](O)[C@H](O[C@H]3O[C@H](CN)[C@@H](O)[C@H](O)[C@H]3N)[C@@H](N)C[C@H]2N)[C@H](O)[C@@H](N)[C@@H]1O. The molecule has 3 aliphatic rings. The van der Waals surface area contributed by atoms with Crippen LogP contribution in [0.25, 0.3) is 0 Å². The molecule has 2 aliphatic heterocycles. The molecule has 0 aromatic heterocycles. The van der Waals surface area contributed by atoms with Gasteiger partial charge in [-0.15, -0.1) is 0 Å². The summed E-state index contributed by atoms with van der Waals surface area (Å²) in [5.74, 6) is 0. The van der Waals surface area contributed by atoms with E-state index in [-0.39, 0.29) is 13.0 Å². The van der Waals surface area contributed by atoms with Gasteiger partial charge in [-0.2, -0.15) is 0 Å². The molecular weight excluding hydrogens is 492 g/mol. The first-order chi connectivity index (χ1) is 17.4. The van der Waals surface area contributed by atoms with E-state index in [1.165, 1.54) is 0 Å². The summed E-state index contributed by atoms with van der Waals surface area (Å²) >= 11 is 0. The van der Waals surface area contributed by atoms with Crippen LogP contribution in [0.2, 0.25) is 0 Å². The lowest BCUT2D eigenvalue weighted by Gasteiger charge is -2.48. The Hall–Kier alpha value is -0.600. The topological polar surface area (TPSA) is 271 Å². The van der Waals surface area contributed by atoms with Crippen LogP contribution in [-0.2, 0) is 18.9 Å². The van der Waals surface area contributed by atoms with Gasteiger partial charge < -0.3 is 78.0 Å². The highest BCUT2D eigenvalue weighted by atomic mass is 16.7. The summed E-state index contributed by atoms with van der Waals surface area (Å²) < 4.78 is 23.4. The molecule has 0 spiro atoms. The number of aliphatic hydroxyl groups is 5. The molecule has 0 bridgehead atoms. The normalized spacial score (nSPS) is 49.4. The van der Waals surface area contributed by atoms with Crippen LogP contribution < -0.4 is 28.7 Å². The summed E-state index contributed by atoms with van der Waals surface area (Å²) in [6.45, 7) is 5.64. The van der Waals surface area contributed by atoms with Crippen molar-refractivity contribution in [2.75, 3.05) is 26.2 Å². The average Bonchev–Trinajstić information content (AvgIpc) is 2.87. The maximum absolute atomic E-state index is 11.2. The van der Waals surface area contributed by atoms with Crippen molar-refractivity contribution < 1.29 is 44.5 Å². The molecular formula is C22H46N6O9. The molecule has 3 fully saturated rings. The highest BCUT2D eigenvalue weighted by Gasteiger charge is 2.51. The van der Waals surface area contributed by atoms with Gasteiger partial charge in [0.15, 0.2) is 12.6 Å². The van der Waals surface area contributed by atoms with Crippen LogP contribution in [0.15, 0.2) is 0 Å². The molecule has 37 heavy (non-hydrogen) atoms. The zero-order valence-corrected chi connectivity index (χ0v) is 21.4. The Labute approximate surface area is 216 Å². The average molecular weight is 539 g/mol. The monoisotopic (exact) mass is 538 g/mol. The Bertz CT molecular complexity index is 710. The summed E-state index contributed by atoms with van der Waals surface area (Å²) in [7, 11) is 0. The second-order valence-electron chi connectivity index (χ2n) is 10.2. The molecule has 0 aromatic carbocycles. The Kier molecular flexibility index (Phi) is 11.0. The Balaban J connectivity index is 1.73. The summed E-state index contributed by atoms with van der Waals surface area (Å²) in [5, 5.41) is 52.8. The quantitative estimate of drug-likeness (QED) is 0.131. The first-order valence-corrected chi connectivity index (χ1v) is 12.9. The predicted octanol–water partition coefficient (Wildman–Crippen LogP) is -5.98. The number of rotatable bonds is 9. The lowest BCUT2D eigenvalue weighted by atomic mass is 9.84. The maximum atomic E-state index is 11.2. The molecule has 3 rings (SSSR count). The van der Waals surface area contributed by atoms with Crippen molar-refractivity contribution >= 4 is 0 Å². The Morgan fingerprint density at radius 1 is 0.703 bits per heavy atom. The van der Waals surface area contributed by atoms with E-state index in [9.17, 15) is 25.5 Å². The highest BCUT2D eigenvalue weighted by Crippen LogP contribution is 2.31. The predicted molar refractivity (Wildman–Crippen MR) is 130 cm³/mol. The molecule has 15 N–H and O–H groups in total. The lowest BCUT2D eigenvalue weighted by molar-refractivity contribution is -0.317. The van der Waals surface area contributed by atoms with Gasteiger partial charge in [-0.25, -0.2) is 0 Å². The molecule has 218 valence electrons. The fraction of sp³-hybridized carbons (Fsp3) is 1.00. The Morgan fingerprint density at radius 3 is 1.78 bits per heavy atom. The van der Waals surface area contributed by atoms with Crippen molar-refractivity contribution in [3.63, 3.8) is 0 Å². The van der Waals surface area contributed by atoms with Crippen molar-refractivity contribution in [2.24, 2.45) is 28.7 Å². The van der Waals surface area contributed by atoms with Crippen LogP contribution in [-0.4, -0.2) is 148 Å². The van der Waals surface area contributed by atoms with Crippen LogP contribution in [0.1, 0.15) is 20.3 Å². The molecule has 0 aromatic rings. The van der Waals surface area contributed by atoms with Gasteiger partial charge in [-0.3, -0.25) is 0 Å². The van der Waals surface area contributed by atoms with Crippen LogP contribution in [0.4, 0.5) is 0 Å². The van der Waals surface area contributed by atoms with E-state index in [0.29, 0.717) is 6.54 Å². The molecule has 2 saturated heterocycles. The van der Waals surface area contributed by atoms with E-state index in [0.717, 1.165) is 13.1 Å². The third-order valence-electron chi connectivity index (χ3n) is 7.71. The standard InChI is InChI=1S/C22H46N6O9/c1-3-28(4-2)7-11-14(29)12(26)17(32)22(35-11)37-20-9(25)5-8(24)19(18(20)33)36-21-13(27)16(31)15(30)10(6-23)34-21/h8-22,29-33H,3-7,23-27H2,1-2H3/t8-,9+,10+,11+,12-,13+,14+,15+,16+,17+,18-,19+,20-,21+,22+/m0/s1. The van der Waals surface area contributed by atoms with Crippen molar-refractivity contribution in [1.29, 1.82) is 0 Å². The maximum Gasteiger partial charge on any atom is 0.186 e. The molecule has 0 unspecified atom stereocenters. The zero-order valence-electron chi connectivity index (χ0n) is 21.4. The van der Waals surface area contributed by atoms with Gasteiger partial charge in [-0.1, -0.05) is 13.8 Å². The third-order valence-corrected chi connectivity index (χ3v) is 7.71. The van der Waals surface area contributed by atoms with Crippen LogP contribution in [0.3, 0.4) is 0 Å². The van der Waals surface area contributed by atoms with Crippen molar-refractivity contribution in [3.8, 4) is 0 Å². The minimum Gasteiger partial charge on any atom is -0.389 e. The van der Waals surface area contributed by atoms with E-state index in [4.69, 9.17) is 47.6 Å². The smallest absolute Gasteiger partial charge is 0.186 e. The number of ether oxygens (including phenoxy) is 4. The fourth-order valence-electron chi connectivity index (χ4n) is 5.18. The van der Waals surface area contributed by atoms with Crippen molar-refractivity contribution in [1.82, 2.24) is 4.90 Å². The highest BCUT2D eigenvalue weighted by molar-refractivity contribution is 5.02. The lowest BCUT2D eigenvalue weighted by Crippen LogP contribution is -2.69. The van der Waals surface area contributed by atoms with Gasteiger partial charge in [0.25, 0.3) is 0 Å². The second kappa shape index (κ2) is 13.2. The Morgan fingerprint density at radius 2 is 1.24 bits per heavy atom. The number of hydrogen-bond acceptors (Lipinski definition) is 15. The minimum atomic E-state index is -1.41. The molecule has 0 radical (unpaired) electrons. The van der Waals surface area contributed by atoms with Gasteiger partial charge in [0.1, 0.15) is 48.8 Å². The van der Waals surface area contributed by atoms with E-state index < -0.39 is 91.7 Å². The van der Waals surface area contributed by atoms with E-state index >= 15 is 0 Å². The third kappa shape index (κ3) is 6.59. The molecule has 15 atom stereocenters. The number of hydrogen-bond donors (Lipinski definition) is 10. The van der Waals surface area contributed by atoms with Gasteiger partial charge in [0.2, 0.25) is 0 Å². The summed E-state index contributed by atoms with van der Waals surface area (Å²) in [4.78, 5) is 2.03. The molecule has 1 aliphatic carbocycles. The van der Waals surface area contributed by atoms with Crippen molar-refractivity contribution in [3.05, 3.63) is 0 Å². The minimum absolute atomic E-state index is 0.0988. The zero-order chi connectivity index (χ0) is 27.6. The van der Waals surface area contributed by atoms with Crippen LogP contribution in [0.5, 0.6) is 0 Å². The second-order valence-corrected chi connectivity index (χ2v) is 10.2. The van der Waals surface area contributed by atoms with Gasteiger partial charge in [-0.05, 0) is 19.5 Å². The van der Waals surface area contributed by atoms with Gasteiger partial charge in [0, 0.05) is 25.2 Å². The number of nitrogens with zero attached hydrogens (tertiary/aromatic N) is 1. The number of aliphatic hydroxyl groups excluding tert-OH is 5. The van der Waals surface area contributed by atoms with Crippen LogP contribution >= 0.6 is 0 Å². The molecule has 1 saturated carbocycles. The summed E-state index contributed by atoms with van der Waals surface area (Å²) in [5.41, 5.74) is 30.2. The molecule has 0 amide bonds. The first-order valence-electron chi connectivity index (χ1n) is 12.9. The van der Waals surface area contributed by atoms with Gasteiger partial charge >= 0.3 is 0 Å². The first kappa shape index (κ1) is 30.9.